The number of hydrogen-bond acceptors (Lipinski definition) is 5. The van der Waals surface area contributed by atoms with Crippen LogP contribution in [0.15, 0.2) is 42.9 Å². The monoisotopic (exact) mass is 391 g/mol. The molecule has 0 atom stereocenters. The minimum atomic E-state index is -4.52. The normalized spacial score (nSPS) is 15.0. The predicted molar refractivity (Wildman–Crippen MR) is 95.4 cm³/mol. The average molecular weight is 391 g/mol. The van der Waals surface area contributed by atoms with Crippen LogP contribution in [0.2, 0.25) is 0 Å². The van der Waals surface area contributed by atoms with E-state index in [0.29, 0.717) is 37.8 Å². The predicted octanol–water partition coefficient (Wildman–Crippen LogP) is 2.84. The Balaban J connectivity index is 1.68. The molecule has 1 amide bonds. The van der Waals surface area contributed by atoms with Crippen molar-refractivity contribution in [2.24, 2.45) is 0 Å². The van der Waals surface area contributed by atoms with Crippen molar-refractivity contribution >= 4 is 23.1 Å². The number of imidazole rings is 1. The van der Waals surface area contributed by atoms with E-state index in [-0.39, 0.29) is 11.4 Å². The molecule has 1 saturated heterocycles. The van der Waals surface area contributed by atoms with Crippen molar-refractivity contribution in [1.82, 2.24) is 14.4 Å². The maximum Gasteiger partial charge on any atom is 0.416 e. The summed E-state index contributed by atoms with van der Waals surface area (Å²) in [6.07, 6.45) is 0.165. The second-order valence-electron chi connectivity index (χ2n) is 6.24. The van der Waals surface area contributed by atoms with E-state index in [4.69, 9.17) is 4.74 Å². The van der Waals surface area contributed by atoms with Crippen molar-refractivity contribution < 1.29 is 22.7 Å². The van der Waals surface area contributed by atoms with E-state index in [1.54, 1.807) is 16.7 Å². The van der Waals surface area contributed by atoms with Crippen LogP contribution in [0.1, 0.15) is 16.1 Å². The molecule has 28 heavy (non-hydrogen) atoms. The lowest BCUT2D eigenvalue weighted by Crippen LogP contribution is -2.36. The molecule has 10 heteroatoms. The van der Waals surface area contributed by atoms with Gasteiger partial charge in [0.05, 0.1) is 30.2 Å². The Morgan fingerprint density at radius 3 is 2.71 bits per heavy atom. The molecule has 0 radical (unpaired) electrons. The number of nitrogens with one attached hydrogen (secondary N) is 1. The SMILES string of the molecule is O=C(Nc1cc(C(F)(F)F)ccc1N1CCOCC1)c1cn2cccnc2n1. The minimum absolute atomic E-state index is 0.0593. The fraction of sp³-hybridized carbons (Fsp3) is 0.278. The fourth-order valence-corrected chi connectivity index (χ4v) is 3.02. The van der Waals surface area contributed by atoms with Gasteiger partial charge in [0.25, 0.3) is 5.91 Å². The zero-order valence-corrected chi connectivity index (χ0v) is 14.6. The number of benzene rings is 1. The Bertz CT molecular complexity index is 979. The fourth-order valence-electron chi connectivity index (χ4n) is 3.02. The smallest absolute Gasteiger partial charge is 0.378 e. The molecule has 0 spiro atoms. The zero-order chi connectivity index (χ0) is 19.7. The van der Waals surface area contributed by atoms with Gasteiger partial charge in [-0.1, -0.05) is 0 Å². The van der Waals surface area contributed by atoms with Crippen LogP contribution in [-0.4, -0.2) is 46.6 Å². The summed E-state index contributed by atoms with van der Waals surface area (Å²) in [5.74, 6) is -0.288. The molecule has 146 valence electrons. The number of ether oxygens (including phenoxy) is 1. The van der Waals surface area contributed by atoms with Crippen molar-refractivity contribution in [1.29, 1.82) is 0 Å². The van der Waals surface area contributed by atoms with Gasteiger partial charge in [-0.3, -0.25) is 9.20 Å². The number of nitrogens with zero attached hydrogens (tertiary/aromatic N) is 4. The van der Waals surface area contributed by atoms with E-state index in [1.165, 1.54) is 18.5 Å². The van der Waals surface area contributed by atoms with Gasteiger partial charge in [-0.15, -0.1) is 0 Å². The molecule has 0 aliphatic carbocycles. The number of aromatic nitrogens is 3. The van der Waals surface area contributed by atoms with Gasteiger partial charge in [-0.2, -0.15) is 13.2 Å². The lowest BCUT2D eigenvalue weighted by atomic mass is 10.1. The summed E-state index contributed by atoms with van der Waals surface area (Å²) in [5, 5.41) is 2.57. The summed E-state index contributed by atoms with van der Waals surface area (Å²) in [4.78, 5) is 22.7. The van der Waals surface area contributed by atoms with Crippen molar-refractivity contribution in [2.45, 2.75) is 6.18 Å². The third-order valence-corrected chi connectivity index (χ3v) is 4.39. The molecule has 1 aliphatic heterocycles. The van der Waals surface area contributed by atoms with Crippen LogP contribution in [0.5, 0.6) is 0 Å². The number of amides is 1. The Labute approximate surface area is 157 Å². The maximum absolute atomic E-state index is 13.2. The Hall–Kier alpha value is -3.14. The third-order valence-electron chi connectivity index (χ3n) is 4.39. The number of carbonyl (C=O) groups excluding carboxylic acids is 1. The van der Waals surface area contributed by atoms with Crippen LogP contribution in [0, 0.1) is 0 Å². The molecule has 1 N–H and O–H groups in total. The van der Waals surface area contributed by atoms with Gasteiger partial charge in [0, 0.05) is 31.7 Å². The molecule has 7 nitrogen and oxygen atoms in total. The average Bonchev–Trinajstić information content (AvgIpc) is 3.12. The first-order valence-corrected chi connectivity index (χ1v) is 8.57. The lowest BCUT2D eigenvalue weighted by molar-refractivity contribution is -0.137. The van der Waals surface area contributed by atoms with E-state index in [2.05, 4.69) is 15.3 Å². The van der Waals surface area contributed by atoms with E-state index < -0.39 is 17.6 Å². The first-order valence-electron chi connectivity index (χ1n) is 8.57. The summed E-state index contributed by atoms with van der Waals surface area (Å²) < 4.78 is 46.4. The van der Waals surface area contributed by atoms with Crippen LogP contribution in [0.3, 0.4) is 0 Å². The van der Waals surface area contributed by atoms with Crippen LogP contribution in [0.25, 0.3) is 5.78 Å². The number of fused-ring (bicyclic) bond motifs is 1. The van der Waals surface area contributed by atoms with Gasteiger partial charge in [0.15, 0.2) is 0 Å². The second kappa shape index (κ2) is 7.12. The zero-order valence-electron chi connectivity index (χ0n) is 14.6. The van der Waals surface area contributed by atoms with Crippen molar-refractivity contribution in [3.63, 3.8) is 0 Å². The quantitative estimate of drug-likeness (QED) is 0.744. The molecular formula is C18H16F3N5O2. The van der Waals surface area contributed by atoms with E-state index in [9.17, 15) is 18.0 Å². The Morgan fingerprint density at radius 1 is 1.21 bits per heavy atom. The van der Waals surface area contributed by atoms with Crippen LogP contribution in [0.4, 0.5) is 24.5 Å². The molecule has 4 rings (SSSR count). The molecule has 3 heterocycles. The molecular weight excluding hydrogens is 375 g/mol. The number of alkyl halides is 3. The number of halogens is 3. The van der Waals surface area contributed by atoms with E-state index >= 15 is 0 Å². The topological polar surface area (TPSA) is 71.8 Å². The first kappa shape index (κ1) is 18.2. The van der Waals surface area contributed by atoms with Gasteiger partial charge in [0.1, 0.15) is 5.69 Å². The van der Waals surface area contributed by atoms with Gasteiger partial charge >= 0.3 is 6.18 Å². The van der Waals surface area contributed by atoms with Crippen molar-refractivity contribution in [3.05, 3.63) is 54.1 Å². The van der Waals surface area contributed by atoms with Gasteiger partial charge in [-0.05, 0) is 24.3 Å². The Morgan fingerprint density at radius 2 is 2.00 bits per heavy atom. The summed E-state index contributed by atoms with van der Waals surface area (Å²) in [7, 11) is 0. The van der Waals surface area contributed by atoms with Crippen LogP contribution in [-0.2, 0) is 10.9 Å². The van der Waals surface area contributed by atoms with Crippen molar-refractivity contribution in [3.8, 4) is 0 Å². The molecule has 0 bridgehead atoms. The number of carbonyl (C=O) groups is 1. The summed E-state index contributed by atoms with van der Waals surface area (Å²) in [6.45, 7) is 1.97. The highest BCUT2D eigenvalue weighted by atomic mass is 19.4. The van der Waals surface area contributed by atoms with Gasteiger partial charge < -0.3 is 15.0 Å². The summed E-state index contributed by atoms with van der Waals surface area (Å²) >= 11 is 0. The highest BCUT2D eigenvalue weighted by molar-refractivity contribution is 6.05. The molecule has 1 aromatic carbocycles. The third kappa shape index (κ3) is 3.63. The number of anilines is 2. The maximum atomic E-state index is 13.2. The molecule has 3 aromatic rings. The summed E-state index contributed by atoms with van der Waals surface area (Å²) in [6, 6.07) is 5.00. The van der Waals surface area contributed by atoms with Crippen LogP contribution >= 0.6 is 0 Å². The summed E-state index contributed by atoms with van der Waals surface area (Å²) in [5.41, 5.74) is -0.196. The second-order valence-corrected chi connectivity index (χ2v) is 6.24. The van der Waals surface area contributed by atoms with Gasteiger partial charge in [0.2, 0.25) is 5.78 Å². The molecule has 2 aromatic heterocycles. The first-order chi connectivity index (χ1) is 13.4. The van der Waals surface area contributed by atoms with E-state index in [0.717, 1.165) is 12.1 Å². The molecule has 1 fully saturated rings. The standard InChI is InChI=1S/C18H16F3N5O2/c19-18(20,21)12-2-3-15(25-6-8-28-9-7-25)13(10-12)23-16(27)14-11-26-5-1-4-22-17(26)24-14/h1-5,10-11H,6-9H2,(H,23,27). The van der Waals surface area contributed by atoms with E-state index in [1.807, 2.05) is 4.90 Å². The largest absolute Gasteiger partial charge is 0.416 e. The number of rotatable bonds is 3. The number of morpholine rings is 1. The molecule has 0 saturated carbocycles. The highest BCUT2D eigenvalue weighted by Gasteiger charge is 2.32. The molecule has 1 aliphatic rings. The highest BCUT2D eigenvalue weighted by Crippen LogP contribution is 2.36. The molecule has 0 unspecified atom stereocenters. The van der Waals surface area contributed by atoms with Gasteiger partial charge in [-0.25, -0.2) is 9.97 Å². The Kier molecular flexibility index (Phi) is 4.63. The minimum Gasteiger partial charge on any atom is -0.378 e. The number of hydrogen-bond donors (Lipinski definition) is 1. The lowest BCUT2D eigenvalue weighted by Gasteiger charge is -2.31. The van der Waals surface area contributed by atoms with Crippen LogP contribution < -0.4 is 10.2 Å². The van der Waals surface area contributed by atoms with Crippen molar-refractivity contribution in [2.75, 3.05) is 36.5 Å².